The molecule has 8 nitrogen and oxygen atoms in total. The number of hydrogen-bond donors (Lipinski definition) is 3. The van der Waals surface area contributed by atoms with Crippen molar-refractivity contribution in [3.05, 3.63) is 71.5 Å². The fourth-order valence-corrected chi connectivity index (χ4v) is 3.04. The van der Waals surface area contributed by atoms with Gasteiger partial charge in [-0.25, -0.2) is 9.48 Å². The van der Waals surface area contributed by atoms with Gasteiger partial charge >= 0.3 is 12.1 Å². The van der Waals surface area contributed by atoms with Gasteiger partial charge in [0.25, 0.3) is 5.91 Å². The van der Waals surface area contributed by atoms with Crippen molar-refractivity contribution < 1.29 is 32.6 Å². The molecule has 2 aromatic carbocycles. The van der Waals surface area contributed by atoms with Gasteiger partial charge in [0.05, 0.1) is 23.4 Å². The van der Waals surface area contributed by atoms with E-state index >= 15 is 0 Å². The summed E-state index contributed by atoms with van der Waals surface area (Å²) in [6, 6.07) is 12.5. The van der Waals surface area contributed by atoms with E-state index in [1.54, 1.807) is 24.3 Å². The first-order valence-electron chi connectivity index (χ1n) is 9.95. The van der Waals surface area contributed by atoms with Crippen molar-refractivity contribution in [3.63, 3.8) is 0 Å². The normalized spacial score (nSPS) is 11.2. The molecule has 1 aromatic heterocycles. The molecule has 0 aliphatic carbocycles. The van der Waals surface area contributed by atoms with Gasteiger partial charge in [0, 0.05) is 25.0 Å². The van der Waals surface area contributed by atoms with E-state index in [0.29, 0.717) is 12.4 Å². The van der Waals surface area contributed by atoms with Crippen LogP contribution in [-0.2, 0) is 6.18 Å². The molecule has 0 spiro atoms. The lowest BCUT2D eigenvalue weighted by molar-refractivity contribution is -0.141. The highest BCUT2D eigenvalue weighted by Gasteiger charge is 2.39. The maximum Gasteiger partial charge on any atom is 0.435 e. The van der Waals surface area contributed by atoms with Crippen molar-refractivity contribution in [1.29, 1.82) is 0 Å². The zero-order valence-electron chi connectivity index (χ0n) is 17.5. The maximum absolute atomic E-state index is 13.5. The average molecular weight is 462 g/mol. The third-order valence-electron chi connectivity index (χ3n) is 4.51. The Bertz CT molecular complexity index is 1130. The van der Waals surface area contributed by atoms with E-state index in [1.165, 1.54) is 24.3 Å². The van der Waals surface area contributed by atoms with E-state index in [-0.39, 0.29) is 24.3 Å². The summed E-state index contributed by atoms with van der Waals surface area (Å²) in [5.74, 6) is -1.60. The molecular formula is C22H21F3N4O4. The molecule has 3 aromatic rings. The number of benzene rings is 2. The highest BCUT2D eigenvalue weighted by molar-refractivity contribution is 5.96. The predicted octanol–water partition coefficient (Wildman–Crippen LogP) is 3.83. The van der Waals surface area contributed by atoms with E-state index in [2.05, 4.69) is 15.7 Å². The Kier molecular flexibility index (Phi) is 7.21. The number of nitrogens with zero attached hydrogens (tertiary/aromatic N) is 2. The summed E-state index contributed by atoms with van der Waals surface area (Å²) < 4.78 is 46.6. The number of aromatic nitrogens is 2. The molecule has 0 aliphatic heterocycles. The second-order valence-corrected chi connectivity index (χ2v) is 6.80. The van der Waals surface area contributed by atoms with Gasteiger partial charge < -0.3 is 20.5 Å². The SMILES string of the molecule is CCOc1ccc(NCCNC(=O)c2cn(-c3ccccc3C(=O)O)nc2C(F)(F)F)cc1. The summed E-state index contributed by atoms with van der Waals surface area (Å²) in [4.78, 5) is 23.9. The van der Waals surface area contributed by atoms with Crippen LogP contribution in [0.1, 0.15) is 33.3 Å². The molecule has 0 unspecified atom stereocenters. The van der Waals surface area contributed by atoms with Gasteiger partial charge in [-0.1, -0.05) is 12.1 Å². The number of alkyl halides is 3. The number of aromatic carboxylic acids is 1. The molecule has 0 fully saturated rings. The van der Waals surface area contributed by atoms with Crippen LogP contribution in [0.2, 0.25) is 0 Å². The highest BCUT2D eigenvalue weighted by atomic mass is 19.4. The van der Waals surface area contributed by atoms with Crippen LogP contribution in [-0.4, -0.2) is 46.5 Å². The summed E-state index contributed by atoms with van der Waals surface area (Å²) in [6.45, 7) is 2.71. The lowest BCUT2D eigenvalue weighted by atomic mass is 10.2. The number of carboxylic acid groups (broad SMARTS) is 1. The van der Waals surface area contributed by atoms with Crippen LogP contribution < -0.4 is 15.4 Å². The maximum atomic E-state index is 13.5. The number of nitrogens with one attached hydrogen (secondary N) is 2. The first kappa shape index (κ1) is 23.6. The lowest BCUT2D eigenvalue weighted by Gasteiger charge is -2.10. The molecule has 3 rings (SSSR count). The van der Waals surface area contributed by atoms with Gasteiger partial charge in [0.15, 0.2) is 5.69 Å². The highest BCUT2D eigenvalue weighted by Crippen LogP contribution is 2.31. The third kappa shape index (κ3) is 5.82. The minimum atomic E-state index is -4.91. The number of halogens is 3. The molecule has 0 saturated carbocycles. The molecule has 174 valence electrons. The Morgan fingerprint density at radius 2 is 1.76 bits per heavy atom. The molecule has 1 heterocycles. The van der Waals surface area contributed by atoms with Crippen LogP contribution in [0.4, 0.5) is 18.9 Å². The Morgan fingerprint density at radius 3 is 2.39 bits per heavy atom. The monoisotopic (exact) mass is 462 g/mol. The summed E-state index contributed by atoms with van der Waals surface area (Å²) in [7, 11) is 0. The number of para-hydroxylation sites is 1. The van der Waals surface area contributed by atoms with Crippen LogP contribution in [0.15, 0.2) is 54.7 Å². The van der Waals surface area contributed by atoms with Gasteiger partial charge in [-0.2, -0.15) is 18.3 Å². The van der Waals surface area contributed by atoms with Crippen molar-refractivity contribution in [2.75, 3.05) is 25.0 Å². The lowest BCUT2D eigenvalue weighted by Crippen LogP contribution is -2.30. The van der Waals surface area contributed by atoms with Crippen molar-refractivity contribution in [1.82, 2.24) is 15.1 Å². The van der Waals surface area contributed by atoms with Gasteiger partial charge in [0.1, 0.15) is 5.75 Å². The van der Waals surface area contributed by atoms with Gasteiger partial charge in [-0.15, -0.1) is 0 Å². The molecule has 0 radical (unpaired) electrons. The van der Waals surface area contributed by atoms with Crippen molar-refractivity contribution in [3.8, 4) is 11.4 Å². The number of rotatable bonds is 9. The molecule has 0 atom stereocenters. The molecule has 33 heavy (non-hydrogen) atoms. The van der Waals surface area contributed by atoms with E-state index in [9.17, 15) is 27.9 Å². The second-order valence-electron chi connectivity index (χ2n) is 6.80. The minimum absolute atomic E-state index is 0.0419. The smallest absolute Gasteiger partial charge is 0.435 e. The molecule has 3 N–H and O–H groups in total. The van der Waals surface area contributed by atoms with Crippen molar-refractivity contribution in [2.24, 2.45) is 0 Å². The Morgan fingerprint density at radius 1 is 1.06 bits per heavy atom. The second kappa shape index (κ2) is 10.1. The van der Waals surface area contributed by atoms with Crippen LogP contribution in [0.3, 0.4) is 0 Å². The number of hydrogen-bond acceptors (Lipinski definition) is 5. The van der Waals surface area contributed by atoms with E-state index in [1.807, 2.05) is 6.92 Å². The largest absolute Gasteiger partial charge is 0.494 e. The topological polar surface area (TPSA) is 105 Å². The number of carbonyl (C=O) groups excluding carboxylic acids is 1. The Labute approximate surface area is 187 Å². The summed E-state index contributed by atoms with van der Waals surface area (Å²) in [5, 5.41) is 18.2. The number of ether oxygens (including phenoxy) is 1. The Hall–Kier alpha value is -4.02. The zero-order valence-corrected chi connectivity index (χ0v) is 17.5. The molecule has 11 heteroatoms. The number of anilines is 1. The minimum Gasteiger partial charge on any atom is -0.494 e. The van der Waals surface area contributed by atoms with Gasteiger partial charge in [-0.05, 0) is 43.3 Å². The molecule has 1 amide bonds. The van der Waals surface area contributed by atoms with Gasteiger partial charge in [-0.3, -0.25) is 4.79 Å². The fourth-order valence-electron chi connectivity index (χ4n) is 3.04. The van der Waals surface area contributed by atoms with Crippen LogP contribution in [0.5, 0.6) is 5.75 Å². The first-order valence-corrected chi connectivity index (χ1v) is 9.95. The standard InChI is InChI=1S/C22H21F3N4O4/c1-2-33-15-9-7-14(8-10-15)26-11-12-27-20(30)17-13-29(28-19(17)22(23,24)25)18-6-4-3-5-16(18)21(31)32/h3-10,13,26H,2,11-12H2,1H3,(H,27,30)(H,31,32). The molecular weight excluding hydrogens is 441 g/mol. The van der Waals surface area contributed by atoms with Crippen molar-refractivity contribution in [2.45, 2.75) is 13.1 Å². The molecule has 0 bridgehead atoms. The Balaban J connectivity index is 1.71. The van der Waals surface area contributed by atoms with Crippen LogP contribution >= 0.6 is 0 Å². The molecule has 0 saturated heterocycles. The summed E-state index contributed by atoms with van der Waals surface area (Å²) in [6.07, 6.45) is -4.03. The number of carbonyl (C=O) groups is 2. The fraction of sp³-hybridized carbons (Fsp3) is 0.227. The van der Waals surface area contributed by atoms with E-state index < -0.39 is 29.3 Å². The zero-order chi connectivity index (χ0) is 24.0. The average Bonchev–Trinajstić information content (AvgIpc) is 3.24. The predicted molar refractivity (Wildman–Crippen MR) is 114 cm³/mol. The van der Waals surface area contributed by atoms with Crippen molar-refractivity contribution >= 4 is 17.6 Å². The van der Waals surface area contributed by atoms with Crippen LogP contribution in [0, 0.1) is 0 Å². The van der Waals surface area contributed by atoms with Gasteiger partial charge in [0.2, 0.25) is 0 Å². The quantitative estimate of drug-likeness (QED) is 0.418. The van der Waals surface area contributed by atoms with E-state index in [4.69, 9.17) is 4.74 Å². The number of amides is 1. The third-order valence-corrected chi connectivity index (χ3v) is 4.51. The summed E-state index contributed by atoms with van der Waals surface area (Å²) >= 11 is 0. The first-order chi connectivity index (χ1) is 15.7. The summed E-state index contributed by atoms with van der Waals surface area (Å²) in [5.41, 5.74) is -1.70. The molecule has 0 aliphatic rings. The number of carboxylic acids is 1. The van der Waals surface area contributed by atoms with Crippen LogP contribution in [0.25, 0.3) is 5.69 Å². The van der Waals surface area contributed by atoms with E-state index in [0.717, 1.165) is 16.6 Å².